The van der Waals surface area contributed by atoms with Crippen molar-refractivity contribution in [1.82, 2.24) is 0 Å². The summed E-state index contributed by atoms with van der Waals surface area (Å²) in [5.41, 5.74) is 1.24. The Balaban J connectivity index is 2.00. The van der Waals surface area contributed by atoms with E-state index in [1.54, 1.807) is 0 Å². The third kappa shape index (κ3) is 8.09. The molecule has 162 valence electrons. The van der Waals surface area contributed by atoms with Gasteiger partial charge in [-0.05, 0) is 37.3 Å². The van der Waals surface area contributed by atoms with Gasteiger partial charge >= 0.3 is 0 Å². The number of fused-ring (bicyclic) bond motifs is 1. The number of halogens is 1. The summed E-state index contributed by atoms with van der Waals surface area (Å²) in [4.78, 5) is 0. The quantitative estimate of drug-likeness (QED) is 0.201. The Morgan fingerprint density at radius 2 is 1.34 bits per heavy atom. The van der Waals surface area contributed by atoms with E-state index >= 15 is 0 Å². The molecule has 0 unspecified atom stereocenters. The van der Waals surface area contributed by atoms with E-state index in [9.17, 15) is 0 Å². The summed E-state index contributed by atoms with van der Waals surface area (Å²) >= 11 is 5.75. The molecule has 0 heterocycles. The van der Waals surface area contributed by atoms with Gasteiger partial charge in [-0.3, -0.25) is 0 Å². The molecule has 0 fully saturated rings. The van der Waals surface area contributed by atoms with Crippen LogP contribution in [0.15, 0.2) is 30.3 Å². The lowest BCUT2D eigenvalue weighted by atomic mass is 10.0. The van der Waals surface area contributed by atoms with Crippen molar-refractivity contribution in [3.05, 3.63) is 35.9 Å². The molecule has 2 aromatic rings. The van der Waals surface area contributed by atoms with Gasteiger partial charge in [0.05, 0.1) is 13.2 Å². The lowest BCUT2D eigenvalue weighted by molar-refractivity contribution is 0.299. The highest BCUT2D eigenvalue weighted by molar-refractivity contribution is 6.17. The molecule has 0 spiro atoms. The van der Waals surface area contributed by atoms with Crippen molar-refractivity contribution in [2.75, 3.05) is 19.1 Å². The highest BCUT2D eigenvalue weighted by atomic mass is 35.5. The normalized spacial score (nSPS) is 11.1. The largest absolute Gasteiger partial charge is 0.493 e. The molecule has 0 amide bonds. The highest BCUT2D eigenvalue weighted by Gasteiger charge is 2.13. The minimum absolute atomic E-state index is 0.756. The van der Waals surface area contributed by atoms with E-state index < -0.39 is 0 Å². The van der Waals surface area contributed by atoms with Gasteiger partial charge in [-0.25, -0.2) is 0 Å². The van der Waals surface area contributed by atoms with Gasteiger partial charge in [0.25, 0.3) is 0 Å². The predicted octanol–water partition coefficient (Wildman–Crippen LogP) is 8.32. The Kier molecular flexibility index (Phi) is 12.0. The molecule has 0 aliphatic carbocycles. The minimum Gasteiger partial charge on any atom is -0.493 e. The first-order valence-electron chi connectivity index (χ1n) is 11.7. The van der Waals surface area contributed by atoms with Crippen molar-refractivity contribution >= 4 is 22.4 Å². The molecule has 2 nitrogen and oxygen atoms in total. The zero-order valence-electron chi connectivity index (χ0n) is 18.5. The van der Waals surface area contributed by atoms with Crippen LogP contribution in [0.5, 0.6) is 11.5 Å². The van der Waals surface area contributed by atoms with Gasteiger partial charge in [0, 0.05) is 16.7 Å². The van der Waals surface area contributed by atoms with Crippen LogP contribution in [0.25, 0.3) is 10.8 Å². The lowest BCUT2D eigenvalue weighted by Crippen LogP contribution is -2.03. The summed E-state index contributed by atoms with van der Waals surface area (Å²) in [6.07, 6.45) is 13.1. The molecule has 0 radical (unpaired) electrons. The molecule has 0 aromatic heterocycles. The van der Waals surface area contributed by atoms with Gasteiger partial charge < -0.3 is 9.47 Å². The van der Waals surface area contributed by atoms with Gasteiger partial charge in [0.1, 0.15) is 11.5 Å². The highest BCUT2D eigenvalue weighted by Crippen LogP contribution is 2.37. The molecule has 0 atom stereocenters. The number of unbranched alkanes of at least 4 members (excludes halogenated alkanes) is 8. The van der Waals surface area contributed by atoms with E-state index in [1.165, 1.54) is 55.9 Å². The fourth-order valence-electron chi connectivity index (χ4n) is 3.71. The van der Waals surface area contributed by atoms with E-state index in [2.05, 4.69) is 44.2 Å². The van der Waals surface area contributed by atoms with E-state index in [4.69, 9.17) is 21.1 Å². The third-order valence-corrected chi connectivity index (χ3v) is 5.71. The fourth-order valence-corrected chi connectivity index (χ4v) is 3.90. The molecule has 0 bridgehead atoms. The average molecular weight is 419 g/mol. The summed E-state index contributed by atoms with van der Waals surface area (Å²) in [6.45, 7) is 6.00. The van der Waals surface area contributed by atoms with Gasteiger partial charge in [-0.15, -0.1) is 11.6 Å². The predicted molar refractivity (Wildman–Crippen MR) is 127 cm³/mol. The van der Waals surface area contributed by atoms with Crippen LogP contribution in [0.2, 0.25) is 0 Å². The Morgan fingerprint density at radius 3 is 2.03 bits per heavy atom. The lowest BCUT2D eigenvalue weighted by Gasteiger charge is -2.17. The molecular formula is C26H39ClO2. The summed E-state index contributed by atoms with van der Waals surface area (Å²) in [5, 5.41) is 2.33. The first-order valence-corrected chi connectivity index (χ1v) is 12.2. The molecule has 2 rings (SSSR count). The third-order valence-electron chi connectivity index (χ3n) is 5.44. The molecule has 0 N–H and O–H groups in total. The smallest absolute Gasteiger partial charge is 0.130 e. The minimum atomic E-state index is 0.756. The Hall–Kier alpha value is -1.41. The molecule has 0 aliphatic rings. The van der Waals surface area contributed by atoms with Crippen LogP contribution in [0.1, 0.15) is 83.6 Å². The van der Waals surface area contributed by atoms with Crippen molar-refractivity contribution in [1.29, 1.82) is 0 Å². The number of hydrogen-bond donors (Lipinski definition) is 0. The zero-order chi connectivity index (χ0) is 20.7. The maximum absolute atomic E-state index is 6.30. The SMILES string of the molecule is CCCCCCCCOc1c(CC)cc(OCCCCCCCl)c2ccccc12. The van der Waals surface area contributed by atoms with Crippen LogP contribution in [0.3, 0.4) is 0 Å². The van der Waals surface area contributed by atoms with E-state index in [1.807, 2.05) is 0 Å². The Labute approximate surface area is 182 Å². The van der Waals surface area contributed by atoms with E-state index in [0.29, 0.717) is 0 Å². The van der Waals surface area contributed by atoms with Crippen molar-refractivity contribution in [3.63, 3.8) is 0 Å². The van der Waals surface area contributed by atoms with Crippen LogP contribution >= 0.6 is 11.6 Å². The van der Waals surface area contributed by atoms with E-state index in [0.717, 1.165) is 61.7 Å². The topological polar surface area (TPSA) is 18.5 Å². The van der Waals surface area contributed by atoms with Crippen LogP contribution in [0.4, 0.5) is 0 Å². The Bertz CT molecular complexity index is 698. The first kappa shape index (κ1) is 23.9. The number of benzene rings is 2. The second kappa shape index (κ2) is 14.6. The van der Waals surface area contributed by atoms with E-state index in [-0.39, 0.29) is 0 Å². The zero-order valence-corrected chi connectivity index (χ0v) is 19.2. The number of hydrogen-bond acceptors (Lipinski definition) is 2. The number of ether oxygens (including phenoxy) is 2. The average Bonchev–Trinajstić information content (AvgIpc) is 2.76. The molecule has 0 aliphatic heterocycles. The summed E-state index contributed by atoms with van der Waals surface area (Å²) in [7, 11) is 0. The van der Waals surface area contributed by atoms with Crippen LogP contribution in [-0.4, -0.2) is 19.1 Å². The van der Waals surface area contributed by atoms with Crippen molar-refractivity contribution < 1.29 is 9.47 Å². The summed E-state index contributed by atoms with van der Waals surface area (Å²) in [6, 6.07) is 10.7. The molecule has 3 heteroatoms. The maximum Gasteiger partial charge on any atom is 0.130 e. The number of rotatable bonds is 16. The van der Waals surface area contributed by atoms with Crippen LogP contribution < -0.4 is 9.47 Å². The molecule has 2 aromatic carbocycles. The molecule has 0 saturated heterocycles. The summed E-state index contributed by atoms with van der Waals surface area (Å²) in [5.74, 6) is 2.79. The molecule has 29 heavy (non-hydrogen) atoms. The second-order valence-electron chi connectivity index (χ2n) is 7.83. The van der Waals surface area contributed by atoms with Crippen LogP contribution in [-0.2, 0) is 6.42 Å². The van der Waals surface area contributed by atoms with Gasteiger partial charge in [0.15, 0.2) is 0 Å². The monoisotopic (exact) mass is 418 g/mol. The molecular weight excluding hydrogens is 380 g/mol. The van der Waals surface area contributed by atoms with Gasteiger partial charge in [-0.2, -0.15) is 0 Å². The Morgan fingerprint density at radius 1 is 0.724 bits per heavy atom. The van der Waals surface area contributed by atoms with Crippen LogP contribution in [0, 0.1) is 0 Å². The van der Waals surface area contributed by atoms with Crippen molar-refractivity contribution in [2.45, 2.75) is 84.5 Å². The molecule has 0 saturated carbocycles. The van der Waals surface area contributed by atoms with Gasteiger partial charge in [0.2, 0.25) is 0 Å². The second-order valence-corrected chi connectivity index (χ2v) is 8.21. The van der Waals surface area contributed by atoms with Gasteiger partial charge in [-0.1, -0.05) is 83.1 Å². The van der Waals surface area contributed by atoms with Crippen molar-refractivity contribution in [3.8, 4) is 11.5 Å². The first-order chi connectivity index (χ1) is 14.3. The number of aryl methyl sites for hydroxylation is 1. The maximum atomic E-state index is 6.30. The standard InChI is InChI=1S/C26H39ClO2/c1-3-5-6-7-9-15-20-29-26-22(4-2)21-25(23-16-11-12-17-24(23)26)28-19-14-10-8-13-18-27/h11-12,16-17,21H,3-10,13-15,18-20H2,1-2H3. The number of alkyl halides is 1. The van der Waals surface area contributed by atoms with Crippen molar-refractivity contribution in [2.24, 2.45) is 0 Å². The summed E-state index contributed by atoms with van der Waals surface area (Å²) < 4.78 is 12.5. The fraction of sp³-hybridized carbons (Fsp3) is 0.615.